The zero-order valence-corrected chi connectivity index (χ0v) is 33.7. The van der Waals surface area contributed by atoms with Gasteiger partial charge in [0.05, 0.1) is 6.54 Å². The van der Waals surface area contributed by atoms with Gasteiger partial charge in [-0.15, -0.1) is 0 Å². The van der Waals surface area contributed by atoms with E-state index in [0.29, 0.717) is 17.8 Å². The van der Waals surface area contributed by atoms with Gasteiger partial charge < -0.3 is 63.5 Å². The third-order valence-corrected chi connectivity index (χ3v) is 11.9. The van der Waals surface area contributed by atoms with Crippen molar-refractivity contribution in [2.45, 2.75) is 49.9 Å². The quantitative estimate of drug-likeness (QED) is 0.0221. The molecule has 0 aliphatic heterocycles. The summed E-state index contributed by atoms with van der Waals surface area (Å²) < 4.78 is 0. The third-order valence-electron chi connectivity index (χ3n) is 7.04. The minimum atomic E-state index is -1.29. The van der Waals surface area contributed by atoms with Crippen LogP contribution >= 0.6 is 43.2 Å². The summed E-state index contributed by atoms with van der Waals surface area (Å²) in [5.41, 5.74) is 11.3. The fourth-order valence-corrected chi connectivity index (χ4v) is 8.18. The Bertz CT molecular complexity index is 1580. The van der Waals surface area contributed by atoms with Gasteiger partial charge in [-0.25, -0.2) is 0 Å². The van der Waals surface area contributed by atoms with Crippen LogP contribution in [0.1, 0.15) is 46.4 Å². The average molecular weight is 879 g/mol. The lowest BCUT2D eigenvalue weighted by atomic mass is 10.1. The number of hydrogen-bond donors (Lipinski definition) is 11. The first-order valence-corrected chi connectivity index (χ1v) is 21.9. The maximum Gasteiger partial charge on any atom is 0.322 e. The number of aldehydes is 1. The van der Waals surface area contributed by atoms with Gasteiger partial charge in [-0.3, -0.25) is 43.2 Å². The van der Waals surface area contributed by atoms with Crippen molar-refractivity contribution in [2.24, 2.45) is 11.5 Å². The number of carbonyl (C=O) groups is 10. The molecule has 0 fully saturated rings. The molecular formula is C32H46N8O13S4. The number of carboxylic acids is 3. The summed E-state index contributed by atoms with van der Waals surface area (Å²) in [5, 5.41) is 41.5. The molecule has 13 N–H and O–H groups in total. The molecule has 0 aliphatic rings. The van der Waals surface area contributed by atoms with E-state index in [0.717, 1.165) is 0 Å². The minimum absolute atomic E-state index is 0.0288. The summed E-state index contributed by atoms with van der Waals surface area (Å²) in [4.78, 5) is 118. The summed E-state index contributed by atoms with van der Waals surface area (Å²) in [6.07, 6.45) is -0.310. The number of benzene rings is 1. The maximum absolute atomic E-state index is 12.7. The van der Waals surface area contributed by atoms with Crippen LogP contribution in [-0.4, -0.2) is 148 Å². The minimum Gasteiger partial charge on any atom is -0.480 e. The number of aliphatic carboxylic acids is 3. The summed E-state index contributed by atoms with van der Waals surface area (Å²) in [6.45, 7) is -0.520. The largest absolute Gasteiger partial charge is 0.480 e. The molecular weight excluding hydrogens is 833 g/mol. The van der Waals surface area contributed by atoms with Crippen LogP contribution in [0.2, 0.25) is 0 Å². The van der Waals surface area contributed by atoms with Crippen molar-refractivity contribution >= 4 is 103 Å². The predicted octanol–water partition coefficient (Wildman–Crippen LogP) is -2.22. The first-order chi connectivity index (χ1) is 27.0. The van der Waals surface area contributed by atoms with Crippen molar-refractivity contribution in [1.82, 2.24) is 31.9 Å². The molecule has 4 unspecified atom stereocenters. The molecule has 0 radical (unpaired) electrons. The lowest BCUT2D eigenvalue weighted by Crippen LogP contribution is -2.49. The van der Waals surface area contributed by atoms with Crippen molar-refractivity contribution in [3.8, 4) is 0 Å². The Morgan fingerprint density at radius 3 is 1.49 bits per heavy atom. The molecule has 0 bridgehead atoms. The van der Waals surface area contributed by atoms with Gasteiger partial charge in [-0.2, -0.15) is 0 Å². The lowest BCUT2D eigenvalue weighted by Gasteiger charge is -2.18. The Labute approximate surface area is 342 Å². The number of nitrogens with two attached hydrogens (primary N) is 2. The molecule has 0 spiro atoms. The zero-order chi connectivity index (χ0) is 42.8. The number of carbonyl (C=O) groups excluding carboxylic acids is 7. The molecule has 21 nitrogen and oxygen atoms in total. The van der Waals surface area contributed by atoms with E-state index in [4.69, 9.17) is 26.8 Å². The lowest BCUT2D eigenvalue weighted by molar-refractivity contribution is -0.140. The van der Waals surface area contributed by atoms with Crippen molar-refractivity contribution < 1.29 is 63.3 Å². The second-order valence-electron chi connectivity index (χ2n) is 11.5. The van der Waals surface area contributed by atoms with Crippen LogP contribution in [0.3, 0.4) is 0 Å². The highest BCUT2D eigenvalue weighted by Crippen LogP contribution is 2.22. The highest BCUT2D eigenvalue weighted by atomic mass is 33.1. The van der Waals surface area contributed by atoms with E-state index in [9.17, 15) is 47.9 Å². The molecule has 0 saturated heterocycles. The highest BCUT2D eigenvalue weighted by molar-refractivity contribution is 8.77. The SMILES string of the molecule is NC(CCC(=O)NC(CSSCCNC(=O)c1cccc(C(=O)NCCSSCC(NC(=O)CCC(N)C(=O)O)C(=O)NCC(=O)O)c1)C(=O)NCC=O)C(=O)O. The fourth-order valence-electron chi connectivity index (χ4n) is 4.04. The van der Waals surface area contributed by atoms with Crippen LogP contribution in [0.25, 0.3) is 0 Å². The Morgan fingerprint density at radius 2 is 1.09 bits per heavy atom. The molecule has 0 heterocycles. The van der Waals surface area contributed by atoms with E-state index in [1.807, 2.05) is 0 Å². The first kappa shape index (κ1) is 50.5. The van der Waals surface area contributed by atoms with E-state index in [1.54, 1.807) is 0 Å². The van der Waals surface area contributed by atoms with E-state index < -0.39 is 84.1 Å². The van der Waals surface area contributed by atoms with Crippen molar-refractivity contribution in [2.75, 3.05) is 49.2 Å². The molecule has 0 aliphatic carbocycles. The topological polar surface area (TPSA) is 356 Å². The van der Waals surface area contributed by atoms with Crippen LogP contribution in [0, 0.1) is 0 Å². The van der Waals surface area contributed by atoms with Gasteiger partial charge in [0.25, 0.3) is 11.8 Å². The molecule has 0 aromatic heterocycles. The van der Waals surface area contributed by atoms with Crippen LogP contribution < -0.4 is 43.4 Å². The molecule has 1 aromatic rings. The van der Waals surface area contributed by atoms with Gasteiger partial charge in [0.15, 0.2) is 0 Å². The Balaban J connectivity index is 2.52. The van der Waals surface area contributed by atoms with Crippen LogP contribution in [-0.2, 0) is 38.4 Å². The second-order valence-corrected chi connectivity index (χ2v) is 16.8. The third kappa shape index (κ3) is 22.7. The number of nitrogens with one attached hydrogen (secondary N) is 6. The summed E-state index contributed by atoms with van der Waals surface area (Å²) in [6, 6.07) is 1.36. The monoisotopic (exact) mass is 878 g/mol. The molecule has 1 rings (SSSR count). The Kier molecular flexibility index (Phi) is 25.5. The zero-order valence-electron chi connectivity index (χ0n) is 30.4. The molecule has 316 valence electrons. The van der Waals surface area contributed by atoms with Gasteiger partial charge in [-0.1, -0.05) is 49.2 Å². The first-order valence-electron chi connectivity index (χ1n) is 17.0. The molecule has 1 aromatic carbocycles. The summed E-state index contributed by atoms with van der Waals surface area (Å²) in [5.74, 6) is -6.41. The number of rotatable bonds is 30. The van der Waals surface area contributed by atoms with Gasteiger partial charge in [-0.05, 0) is 31.0 Å². The van der Waals surface area contributed by atoms with Crippen LogP contribution in [0.4, 0.5) is 0 Å². The van der Waals surface area contributed by atoms with E-state index in [-0.39, 0.29) is 68.0 Å². The van der Waals surface area contributed by atoms with E-state index in [1.165, 1.54) is 67.4 Å². The molecule has 0 saturated carbocycles. The van der Waals surface area contributed by atoms with Gasteiger partial charge >= 0.3 is 17.9 Å². The second kappa shape index (κ2) is 28.8. The van der Waals surface area contributed by atoms with Crippen LogP contribution in [0.5, 0.6) is 0 Å². The fraction of sp³-hybridized carbons (Fsp3) is 0.500. The molecule has 4 atom stereocenters. The number of amides is 6. The number of carboxylic acid groups (broad SMARTS) is 3. The predicted molar refractivity (Wildman–Crippen MR) is 214 cm³/mol. The highest BCUT2D eigenvalue weighted by Gasteiger charge is 2.24. The molecule has 6 amide bonds. The van der Waals surface area contributed by atoms with Gasteiger partial charge in [0, 0.05) is 60.1 Å². The van der Waals surface area contributed by atoms with E-state index >= 15 is 0 Å². The molecule has 25 heteroatoms. The molecule has 57 heavy (non-hydrogen) atoms. The van der Waals surface area contributed by atoms with Crippen molar-refractivity contribution in [1.29, 1.82) is 0 Å². The average Bonchev–Trinajstić information content (AvgIpc) is 3.18. The standard InChI is InChI=1S/C32H46N8O13S4/c33-20(31(50)51)4-6-24(42)39-22(29(48)35-8-11-41)16-56-54-12-9-36-27(46)18-2-1-3-19(14-18)28(47)37-10-13-55-57-17-23(30(49)38-15-26(44)45)40-25(43)7-5-21(34)32(52)53/h1-3,11,14,20-23H,4-10,12-13,15-17,33-34H2,(H,35,48)(H,36,46)(H,37,47)(H,38,49)(H,39,42)(H,40,43)(H,44,45)(H,50,51)(H,52,53). The summed E-state index contributed by atoms with van der Waals surface area (Å²) in [7, 11) is 4.96. The van der Waals surface area contributed by atoms with Gasteiger partial charge in [0.2, 0.25) is 23.6 Å². The number of hydrogen-bond acceptors (Lipinski definition) is 16. The van der Waals surface area contributed by atoms with Gasteiger partial charge in [0.1, 0.15) is 37.0 Å². The van der Waals surface area contributed by atoms with E-state index in [2.05, 4.69) is 31.9 Å². The maximum atomic E-state index is 12.7. The summed E-state index contributed by atoms with van der Waals surface area (Å²) >= 11 is 0. The van der Waals surface area contributed by atoms with Crippen LogP contribution in [0.15, 0.2) is 24.3 Å². The van der Waals surface area contributed by atoms with Crippen molar-refractivity contribution in [3.63, 3.8) is 0 Å². The Hall–Kier alpha value is -4.56. The normalized spacial score (nSPS) is 12.7. The smallest absolute Gasteiger partial charge is 0.322 e. The Morgan fingerprint density at radius 1 is 0.649 bits per heavy atom. The van der Waals surface area contributed by atoms with Crippen molar-refractivity contribution in [3.05, 3.63) is 35.4 Å².